The molecule has 222 valence electrons. The number of furan rings is 1. The number of hydrogen-bond acceptors (Lipinski definition) is 11. The molecule has 0 bridgehead atoms. The smallest absolute Gasteiger partial charge is 0.236 e. The molecule has 6 rings (SSSR count). The third-order valence-electron chi connectivity index (χ3n) is 7.21. The van der Waals surface area contributed by atoms with E-state index >= 15 is 0 Å². The fraction of sp³-hybridized carbons (Fsp3) is 0.0909. The Morgan fingerprint density at radius 1 is 0.727 bits per heavy atom. The Balaban J connectivity index is 1.66. The van der Waals surface area contributed by atoms with Crippen LogP contribution in [0.1, 0.15) is 16.1 Å². The summed E-state index contributed by atoms with van der Waals surface area (Å²) in [6, 6.07) is 15.9. The predicted octanol–water partition coefficient (Wildman–Crippen LogP) is 5.95. The van der Waals surface area contributed by atoms with Gasteiger partial charge in [-0.25, -0.2) is 0 Å². The predicted molar refractivity (Wildman–Crippen MR) is 159 cm³/mol. The zero-order chi connectivity index (χ0) is 31.3. The summed E-state index contributed by atoms with van der Waals surface area (Å²) >= 11 is 0. The maximum atomic E-state index is 14.0. The second-order valence-corrected chi connectivity index (χ2v) is 9.74. The summed E-state index contributed by atoms with van der Waals surface area (Å²) in [4.78, 5) is 27.3. The van der Waals surface area contributed by atoms with Gasteiger partial charge in [0.15, 0.2) is 34.0 Å². The number of hydrogen-bond donors (Lipinski definition) is 4. The van der Waals surface area contributed by atoms with Crippen LogP contribution in [0.3, 0.4) is 0 Å². The highest BCUT2D eigenvalue weighted by molar-refractivity contribution is 6.19. The fourth-order valence-electron chi connectivity index (χ4n) is 5.12. The molecule has 0 saturated carbocycles. The first-order valence-electron chi connectivity index (χ1n) is 13.1. The van der Waals surface area contributed by atoms with E-state index in [-0.39, 0.29) is 67.6 Å². The molecule has 44 heavy (non-hydrogen) atoms. The number of benzene rings is 4. The lowest BCUT2D eigenvalue weighted by Crippen LogP contribution is -2.05. The summed E-state index contributed by atoms with van der Waals surface area (Å²) in [5.41, 5.74) is 0.0529. The molecule has 0 aliphatic heterocycles. The van der Waals surface area contributed by atoms with Gasteiger partial charge in [-0.15, -0.1) is 0 Å². The number of fused-ring (bicyclic) bond motifs is 2. The van der Waals surface area contributed by atoms with Gasteiger partial charge in [-0.1, -0.05) is 12.1 Å². The van der Waals surface area contributed by atoms with Crippen molar-refractivity contribution in [2.75, 3.05) is 21.3 Å². The first kappa shape index (κ1) is 28.0. The number of carbonyl (C=O) groups is 1. The number of phenols is 4. The molecule has 11 nitrogen and oxygen atoms in total. The Kier molecular flexibility index (Phi) is 6.77. The van der Waals surface area contributed by atoms with E-state index in [0.29, 0.717) is 16.9 Å². The van der Waals surface area contributed by atoms with E-state index in [1.54, 1.807) is 24.3 Å². The minimum Gasteiger partial charge on any atom is -0.508 e. The first-order chi connectivity index (χ1) is 21.1. The van der Waals surface area contributed by atoms with Gasteiger partial charge in [0.05, 0.1) is 21.3 Å². The van der Waals surface area contributed by atoms with Crippen LogP contribution in [0, 0.1) is 0 Å². The number of aromatic hydroxyl groups is 4. The van der Waals surface area contributed by atoms with E-state index in [0.717, 1.165) is 12.1 Å². The Morgan fingerprint density at radius 2 is 1.43 bits per heavy atom. The van der Waals surface area contributed by atoms with Crippen LogP contribution in [-0.2, 0) is 0 Å². The van der Waals surface area contributed by atoms with E-state index in [2.05, 4.69) is 0 Å². The molecular weight excluding hydrogens is 572 g/mol. The zero-order valence-electron chi connectivity index (χ0n) is 23.5. The molecule has 6 aromatic rings. The van der Waals surface area contributed by atoms with Gasteiger partial charge in [-0.3, -0.25) is 9.59 Å². The minimum absolute atomic E-state index is 0.0100. The van der Waals surface area contributed by atoms with Gasteiger partial charge in [0, 0.05) is 34.7 Å². The largest absolute Gasteiger partial charge is 0.508 e. The van der Waals surface area contributed by atoms with E-state index in [4.69, 9.17) is 23.0 Å². The average molecular weight is 597 g/mol. The number of methoxy groups -OCH3 is 3. The molecule has 11 heteroatoms. The number of rotatable bonds is 7. The summed E-state index contributed by atoms with van der Waals surface area (Å²) in [6.07, 6.45) is 0. The van der Waals surface area contributed by atoms with E-state index in [1.165, 1.54) is 51.7 Å². The lowest BCUT2D eigenvalue weighted by atomic mass is 9.96. The van der Waals surface area contributed by atoms with Crippen molar-refractivity contribution in [2.45, 2.75) is 0 Å². The third-order valence-corrected chi connectivity index (χ3v) is 7.21. The summed E-state index contributed by atoms with van der Waals surface area (Å²) in [5, 5.41) is 41.9. The van der Waals surface area contributed by atoms with Crippen LogP contribution in [0.25, 0.3) is 44.4 Å². The van der Waals surface area contributed by atoms with Gasteiger partial charge in [-0.05, 0) is 42.0 Å². The first-order valence-corrected chi connectivity index (χ1v) is 13.1. The molecule has 0 radical (unpaired) electrons. The number of carbonyl (C=O) groups excluding carboxylic acids is 1. The summed E-state index contributed by atoms with van der Waals surface area (Å²) in [7, 11) is 4.16. The maximum absolute atomic E-state index is 14.0. The molecule has 0 spiro atoms. The SMILES string of the molecule is COc1ccc(-c2c(C(=O)c3c(O)cc(O)cc3OC)oc3c(O)c4c(=O)cc(-c5ccc(O)c(OC)c5)oc4cc23)cc1. The standard InChI is InChI=1S/C33H24O11/c1-40-18-7-4-15(5-8-18)27-19-13-26-29(22(37)14-23(43-26)16-6-9-20(35)24(10-16)41-2)30(38)32(19)44-33(27)31(39)28-21(36)11-17(34)12-25(28)42-3/h4-14,34-36,38H,1-3H3. The van der Waals surface area contributed by atoms with E-state index < -0.39 is 22.7 Å². The molecule has 2 aromatic heterocycles. The van der Waals surface area contributed by atoms with Crippen molar-refractivity contribution in [1.29, 1.82) is 0 Å². The highest BCUT2D eigenvalue weighted by Crippen LogP contribution is 2.45. The Labute approximate surface area is 248 Å². The molecule has 0 aliphatic carbocycles. The highest BCUT2D eigenvalue weighted by atomic mass is 16.5. The molecule has 4 aromatic carbocycles. The molecular formula is C33H24O11. The van der Waals surface area contributed by atoms with Gasteiger partial charge in [0.25, 0.3) is 0 Å². The lowest BCUT2D eigenvalue weighted by molar-refractivity contribution is 0.101. The maximum Gasteiger partial charge on any atom is 0.236 e. The minimum atomic E-state index is -0.819. The third kappa shape index (κ3) is 4.47. The molecule has 0 aliphatic rings. The summed E-state index contributed by atoms with van der Waals surface area (Å²) in [6.45, 7) is 0. The number of ether oxygens (including phenoxy) is 3. The monoisotopic (exact) mass is 596 g/mol. The van der Waals surface area contributed by atoms with Gasteiger partial charge in [-0.2, -0.15) is 0 Å². The second-order valence-electron chi connectivity index (χ2n) is 9.74. The molecule has 0 amide bonds. The van der Waals surface area contributed by atoms with Crippen molar-refractivity contribution in [3.63, 3.8) is 0 Å². The fourth-order valence-corrected chi connectivity index (χ4v) is 5.12. The van der Waals surface area contributed by atoms with E-state index in [9.17, 15) is 30.0 Å². The highest BCUT2D eigenvalue weighted by Gasteiger charge is 2.30. The van der Waals surface area contributed by atoms with Crippen molar-refractivity contribution >= 4 is 27.7 Å². The van der Waals surface area contributed by atoms with Crippen molar-refractivity contribution < 1.29 is 48.3 Å². The van der Waals surface area contributed by atoms with Crippen molar-refractivity contribution in [3.05, 3.63) is 88.3 Å². The van der Waals surface area contributed by atoms with Crippen molar-refractivity contribution in [1.82, 2.24) is 0 Å². The average Bonchev–Trinajstić information content (AvgIpc) is 3.40. The lowest BCUT2D eigenvalue weighted by Gasteiger charge is -2.10. The quantitative estimate of drug-likeness (QED) is 0.161. The Bertz CT molecular complexity index is 2150. The molecule has 0 atom stereocenters. The number of ketones is 1. The van der Waals surface area contributed by atoms with Crippen molar-refractivity contribution in [3.8, 4) is 62.7 Å². The van der Waals surface area contributed by atoms with Crippen LogP contribution in [0.2, 0.25) is 0 Å². The van der Waals surface area contributed by atoms with Crippen LogP contribution >= 0.6 is 0 Å². The van der Waals surface area contributed by atoms with Gasteiger partial charge < -0.3 is 43.5 Å². The van der Waals surface area contributed by atoms with Crippen LogP contribution in [0.15, 0.2) is 80.4 Å². The van der Waals surface area contributed by atoms with Gasteiger partial charge >= 0.3 is 0 Å². The Hall–Kier alpha value is -6.10. The number of phenolic OH excluding ortho intramolecular Hbond substituents is 4. The Morgan fingerprint density at radius 3 is 2.11 bits per heavy atom. The van der Waals surface area contributed by atoms with Crippen LogP contribution in [-0.4, -0.2) is 47.5 Å². The zero-order valence-corrected chi connectivity index (χ0v) is 23.5. The topological polar surface area (TPSA) is 169 Å². The van der Waals surface area contributed by atoms with Crippen LogP contribution in [0.5, 0.6) is 40.2 Å². The summed E-state index contributed by atoms with van der Waals surface area (Å²) < 4.78 is 27.7. The molecule has 0 saturated heterocycles. The molecule has 0 unspecified atom stereocenters. The second kappa shape index (κ2) is 10.6. The van der Waals surface area contributed by atoms with Crippen LogP contribution in [0.4, 0.5) is 0 Å². The van der Waals surface area contributed by atoms with Crippen LogP contribution < -0.4 is 19.6 Å². The molecule has 0 fully saturated rings. The van der Waals surface area contributed by atoms with Crippen molar-refractivity contribution in [2.24, 2.45) is 0 Å². The molecule has 4 N–H and O–H groups in total. The van der Waals surface area contributed by atoms with Gasteiger partial charge in [0.2, 0.25) is 5.78 Å². The van der Waals surface area contributed by atoms with E-state index in [1.807, 2.05) is 0 Å². The van der Waals surface area contributed by atoms with Gasteiger partial charge in [0.1, 0.15) is 45.3 Å². The summed E-state index contributed by atoms with van der Waals surface area (Å²) in [5.74, 6) is -1.94. The normalized spacial score (nSPS) is 11.2. The molecule has 2 heterocycles.